The van der Waals surface area contributed by atoms with Gasteiger partial charge < -0.3 is 20.1 Å². The van der Waals surface area contributed by atoms with Crippen molar-refractivity contribution in [2.45, 2.75) is 33.0 Å². The summed E-state index contributed by atoms with van der Waals surface area (Å²) < 4.78 is 66.8. The van der Waals surface area contributed by atoms with Crippen molar-refractivity contribution in [3.63, 3.8) is 0 Å². The van der Waals surface area contributed by atoms with E-state index >= 15 is 0 Å². The molecule has 0 aliphatic carbocycles. The summed E-state index contributed by atoms with van der Waals surface area (Å²) >= 11 is 0. The Labute approximate surface area is 240 Å². The van der Waals surface area contributed by atoms with Crippen LogP contribution in [0.2, 0.25) is 0 Å². The van der Waals surface area contributed by atoms with Crippen LogP contribution >= 0.6 is 0 Å². The Kier molecular flexibility index (Phi) is 9.49. The number of carbonyl (C=O) groups excluding carboxylic acids is 2. The van der Waals surface area contributed by atoms with E-state index in [0.29, 0.717) is 18.1 Å². The predicted molar refractivity (Wildman–Crippen MR) is 151 cm³/mol. The molecule has 4 rings (SSSR count). The monoisotopic (exact) mass is 586 g/mol. The molecule has 2 N–H and O–H groups in total. The molecular weight excluding hydrogens is 555 g/mol. The summed E-state index contributed by atoms with van der Waals surface area (Å²) in [6.45, 7) is 3.74. The van der Waals surface area contributed by atoms with Gasteiger partial charge in [-0.25, -0.2) is 13.6 Å². The van der Waals surface area contributed by atoms with Gasteiger partial charge in [0, 0.05) is 42.8 Å². The second-order valence-electron chi connectivity index (χ2n) is 10.4. The maximum atomic E-state index is 14.2. The van der Waals surface area contributed by atoms with Crippen molar-refractivity contribution in [2.75, 3.05) is 25.0 Å². The van der Waals surface area contributed by atoms with E-state index in [1.807, 2.05) is 44.3 Å². The SMILES string of the molecule is CC(C)CN(CC(=O)N(CCc1c[nH]c2ccccc12)Cc1ccc(C(F)(F)F)cc1)C(=O)Nc1ccc(F)cc1F. The number of hydrogen-bond donors (Lipinski definition) is 2. The zero-order valence-electron chi connectivity index (χ0n) is 23.1. The summed E-state index contributed by atoms with van der Waals surface area (Å²) in [5, 5.41) is 3.38. The molecule has 0 fully saturated rings. The first-order valence-electron chi connectivity index (χ1n) is 13.4. The second-order valence-corrected chi connectivity index (χ2v) is 10.4. The van der Waals surface area contributed by atoms with Crippen LogP contribution in [0.4, 0.5) is 32.4 Å². The molecule has 222 valence electrons. The van der Waals surface area contributed by atoms with Crippen molar-refractivity contribution in [1.82, 2.24) is 14.8 Å². The lowest BCUT2D eigenvalue weighted by atomic mass is 10.1. The highest BCUT2D eigenvalue weighted by atomic mass is 19.4. The van der Waals surface area contributed by atoms with Gasteiger partial charge in [0.2, 0.25) is 5.91 Å². The quantitative estimate of drug-likeness (QED) is 0.193. The van der Waals surface area contributed by atoms with Gasteiger partial charge in [-0.2, -0.15) is 13.2 Å². The Morgan fingerprint density at radius 2 is 1.67 bits per heavy atom. The molecule has 6 nitrogen and oxygen atoms in total. The number of benzene rings is 3. The Morgan fingerprint density at radius 3 is 2.33 bits per heavy atom. The predicted octanol–water partition coefficient (Wildman–Crippen LogP) is 7.23. The first-order valence-corrected chi connectivity index (χ1v) is 13.4. The Balaban J connectivity index is 1.55. The van der Waals surface area contributed by atoms with E-state index in [-0.39, 0.29) is 37.8 Å². The van der Waals surface area contributed by atoms with Crippen LogP contribution in [0, 0.1) is 17.6 Å². The lowest BCUT2D eigenvalue weighted by molar-refractivity contribution is -0.137. The van der Waals surface area contributed by atoms with Gasteiger partial charge in [0.05, 0.1) is 11.3 Å². The lowest BCUT2D eigenvalue weighted by Gasteiger charge is -2.29. The zero-order valence-corrected chi connectivity index (χ0v) is 23.1. The summed E-state index contributed by atoms with van der Waals surface area (Å²) in [7, 11) is 0. The van der Waals surface area contributed by atoms with Gasteiger partial charge in [-0.1, -0.05) is 44.2 Å². The van der Waals surface area contributed by atoms with Crippen LogP contribution in [0.3, 0.4) is 0 Å². The standard InChI is InChI=1S/C31H31F5N4O2/c1-20(2)17-40(30(42)38-28-12-11-24(32)15-26(28)33)19-29(41)39(18-21-7-9-23(10-8-21)31(34,35)36)14-13-22-16-37-27-6-4-3-5-25(22)27/h3-12,15-16,20,37H,13-14,17-19H2,1-2H3,(H,38,42). The molecule has 11 heteroatoms. The van der Waals surface area contributed by atoms with E-state index in [1.165, 1.54) is 21.9 Å². The number of carbonyl (C=O) groups is 2. The average Bonchev–Trinajstić information content (AvgIpc) is 3.34. The molecule has 3 amide bonds. The van der Waals surface area contributed by atoms with Crippen LogP contribution in [0.25, 0.3) is 10.9 Å². The number of amides is 3. The number of fused-ring (bicyclic) bond motifs is 1. The third-order valence-electron chi connectivity index (χ3n) is 6.70. The first-order chi connectivity index (χ1) is 19.9. The summed E-state index contributed by atoms with van der Waals surface area (Å²) in [6.07, 6.45) is -2.19. The Hall–Kier alpha value is -4.41. The Bertz CT molecular complexity index is 1530. The van der Waals surface area contributed by atoms with Crippen LogP contribution in [-0.4, -0.2) is 46.4 Å². The lowest BCUT2D eigenvalue weighted by Crippen LogP contribution is -2.46. The summed E-state index contributed by atoms with van der Waals surface area (Å²) in [6, 6.07) is 14.3. The molecule has 0 saturated carbocycles. The largest absolute Gasteiger partial charge is 0.416 e. The summed E-state index contributed by atoms with van der Waals surface area (Å²) in [5.74, 6) is -2.24. The van der Waals surface area contributed by atoms with Gasteiger partial charge in [-0.3, -0.25) is 4.79 Å². The minimum Gasteiger partial charge on any atom is -0.361 e. The summed E-state index contributed by atoms with van der Waals surface area (Å²) in [5.41, 5.74) is 1.35. The van der Waals surface area contributed by atoms with Crippen LogP contribution < -0.4 is 5.32 Å². The molecule has 0 aliphatic heterocycles. The number of urea groups is 1. The van der Waals surface area contributed by atoms with E-state index in [2.05, 4.69) is 10.3 Å². The van der Waals surface area contributed by atoms with Crippen LogP contribution in [0.1, 0.15) is 30.5 Å². The van der Waals surface area contributed by atoms with Crippen LogP contribution in [0.15, 0.2) is 72.9 Å². The van der Waals surface area contributed by atoms with Crippen molar-refractivity contribution >= 4 is 28.5 Å². The number of anilines is 1. The van der Waals surface area contributed by atoms with Gasteiger partial charge in [0.1, 0.15) is 18.2 Å². The van der Waals surface area contributed by atoms with Crippen molar-refractivity contribution in [2.24, 2.45) is 5.92 Å². The molecule has 0 bridgehead atoms. The maximum absolute atomic E-state index is 14.2. The fourth-order valence-electron chi connectivity index (χ4n) is 4.61. The highest BCUT2D eigenvalue weighted by molar-refractivity contribution is 5.92. The molecule has 0 unspecified atom stereocenters. The highest BCUT2D eigenvalue weighted by Gasteiger charge is 2.30. The third kappa shape index (κ3) is 7.86. The number of nitrogens with zero attached hydrogens (tertiary/aromatic N) is 2. The number of hydrogen-bond acceptors (Lipinski definition) is 2. The number of alkyl halides is 3. The molecular formula is C31H31F5N4O2. The molecule has 0 aliphatic rings. The van der Waals surface area contributed by atoms with E-state index in [4.69, 9.17) is 0 Å². The van der Waals surface area contributed by atoms with E-state index < -0.39 is 35.3 Å². The first kappa shape index (κ1) is 30.5. The smallest absolute Gasteiger partial charge is 0.361 e. The molecule has 42 heavy (non-hydrogen) atoms. The second kappa shape index (κ2) is 13.1. The van der Waals surface area contributed by atoms with Crippen molar-refractivity contribution in [3.05, 3.63) is 101 Å². The number of H-pyrrole nitrogens is 1. The number of rotatable bonds is 10. The molecule has 3 aromatic carbocycles. The minimum atomic E-state index is -4.49. The van der Waals surface area contributed by atoms with Gasteiger partial charge in [0.25, 0.3) is 0 Å². The normalized spacial score (nSPS) is 11.6. The maximum Gasteiger partial charge on any atom is 0.416 e. The Morgan fingerprint density at radius 1 is 0.952 bits per heavy atom. The van der Waals surface area contributed by atoms with E-state index in [1.54, 1.807) is 0 Å². The molecule has 1 aromatic heterocycles. The van der Waals surface area contributed by atoms with E-state index in [0.717, 1.165) is 40.7 Å². The number of aromatic nitrogens is 1. The van der Waals surface area contributed by atoms with Crippen molar-refractivity contribution in [3.8, 4) is 0 Å². The van der Waals surface area contributed by atoms with Gasteiger partial charge in [-0.05, 0) is 53.8 Å². The molecule has 0 radical (unpaired) electrons. The molecule has 1 heterocycles. The number of aromatic amines is 1. The van der Waals surface area contributed by atoms with E-state index in [9.17, 15) is 31.5 Å². The van der Waals surface area contributed by atoms with Gasteiger partial charge in [0.15, 0.2) is 0 Å². The zero-order chi connectivity index (χ0) is 30.4. The minimum absolute atomic E-state index is 0.0169. The van der Waals surface area contributed by atoms with Crippen LogP contribution in [0.5, 0.6) is 0 Å². The fraction of sp³-hybridized carbons (Fsp3) is 0.290. The van der Waals surface area contributed by atoms with Gasteiger partial charge >= 0.3 is 12.2 Å². The average molecular weight is 587 g/mol. The number of para-hydroxylation sites is 1. The number of halogens is 5. The fourth-order valence-corrected chi connectivity index (χ4v) is 4.61. The highest BCUT2D eigenvalue weighted by Crippen LogP contribution is 2.29. The van der Waals surface area contributed by atoms with Crippen molar-refractivity contribution < 1.29 is 31.5 Å². The summed E-state index contributed by atoms with van der Waals surface area (Å²) in [4.78, 5) is 32.7. The third-order valence-corrected chi connectivity index (χ3v) is 6.70. The molecule has 0 saturated heterocycles. The van der Waals surface area contributed by atoms with Crippen LogP contribution in [-0.2, 0) is 23.9 Å². The topological polar surface area (TPSA) is 68.4 Å². The van der Waals surface area contributed by atoms with Crippen molar-refractivity contribution in [1.29, 1.82) is 0 Å². The van der Waals surface area contributed by atoms with Gasteiger partial charge in [-0.15, -0.1) is 0 Å². The molecule has 4 aromatic rings. The number of nitrogens with one attached hydrogen (secondary N) is 2. The molecule has 0 atom stereocenters. The molecule has 0 spiro atoms.